The molecule has 0 unspecified atom stereocenters. The third kappa shape index (κ3) is 4.95. The number of aromatic nitrogens is 3. The third-order valence-corrected chi connectivity index (χ3v) is 4.81. The van der Waals surface area contributed by atoms with Crippen molar-refractivity contribution in [3.8, 4) is 0 Å². The lowest BCUT2D eigenvalue weighted by Crippen LogP contribution is -2.40. The fraction of sp³-hybridized carbons (Fsp3) is 0.389. The molecule has 26 heavy (non-hydrogen) atoms. The standard InChI is InChI=1S/C18H24N6OS/c1-3-17-22-21-14-24(17)9-8-19-18(20-12-16-7-5-11-26-16)23(2)13-15-6-4-10-25-15/h4-7,10-11,14H,3,8-9,12-13H2,1-2H3,(H,19,20). The van der Waals surface area contributed by atoms with Crippen molar-refractivity contribution in [3.63, 3.8) is 0 Å². The lowest BCUT2D eigenvalue weighted by molar-refractivity contribution is 0.398. The second kappa shape index (κ2) is 9.19. The molecule has 0 fully saturated rings. The summed E-state index contributed by atoms with van der Waals surface area (Å²) in [5, 5.41) is 13.6. The molecule has 0 spiro atoms. The maximum Gasteiger partial charge on any atom is 0.194 e. The number of furan rings is 1. The molecule has 8 heteroatoms. The van der Waals surface area contributed by atoms with Crippen LogP contribution in [0, 0.1) is 0 Å². The molecule has 138 valence electrons. The number of aliphatic imine (C=N–C) groups is 1. The van der Waals surface area contributed by atoms with Gasteiger partial charge < -0.3 is 19.2 Å². The van der Waals surface area contributed by atoms with E-state index in [-0.39, 0.29) is 0 Å². The van der Waals surface area contributed by atoms with E-state index >= 15 is 0 Å². The molecule has 3 aromatic rings. The van der Waals surface area contributed by atoms with Gasteiger partial charge in [-0.1, -0.05) is 13.0 Å². The summed E-state index contributed by atoms with van der Waals surface area (Å²) in [7, 11) is 2.01. The van der Waals surface area contributed by atoms with Crippen LogP contribution in [0.5, 0.6) is 0 Å². The van der Waals surface area contributed by atoms with Gasteiger partial charge in [-0.3, -0.25) is 0 Å². The highest BCUT2D eigenvalue weighted by Crippen LogP contribution is 2.10. The molecular formula is C18H24N6OS. The highest BCUT2D eigenvalue weighted by Gasteiger charge is 2.09. The van der Waals surface area contributed by atoms with Gasteiger partial charge >= 0.3 is 0 Å². The maximum absolute atomic E-state index is 5.46. The van der Waals surface area contributed by atoms with Crippen LogP contribution in [-0.4, -0.2) is 39.2 Å². The molecule has 1 N–H and O–H groups in total. The summed E-state index contributed by atoms with van der Waals surface area (Å²) in [6.07, 6.45) is 4.34. The lowest BCUT2D eigenvalue weighted by atomic mass is 10.4. The molecular weight excluding hydrogens is 348 g/mol. The molecule has 0 aromatic carbocycles. The maximum atomic E-state index is 5.46. The van der Waals surface area contributed by atoms with Crippen LogP contribution in [0.15, 0.2) is 51.6 Å². The normalized spacial score (nSPS) is 11.7. The Balaban J connectivity index is 1.62. The van der Waals surface area contributed by atoms with Gasteiger partial charge in [0.15, 0.2) is 5.96 Å². The molecule has 0 aliphatic carbocycles. The van der Waals surface area contributed by atoms with Crippen molar-refractivity contribution >= 4 is 17.3 Å². The summed E-state index contributed by atoms with van der Waals surface area (Å²) in [4.78, 5) is 8.08. The first-order valence-electron chi connectivity index (χ1n) is 8.67. The van der Waals surface area contributed by atoms with E-state index in [0.717, 1.165) is 37.1 Å². The van der Waals surface area contributed by atoms with E-state index in [1.165, 1.54) is 4.88 Å². The van der Waals surface area contributed by atoms with Gasteiger partial charge in [0.05, 0.1) is 19.4 Å². The Morgan fingerprint density at radius 3 is 3.04 bits per heavy atom. The average molecular weight is 372 g/mol. The Morgan fingerprint density at radius 1 is 1.38 bits per heavy atom. The number of hydrogen-bond acceptors (Lipinski definition) is 5. The smallest absolute Gasteiger partial charge is 0.194 e. The number of thiophene rings is 1. The molecule has 0 bridgehead atoms. The van der Waals surface area contributed by atoms with Crippen molar-refractivity contribution in [1.82, 2.24) is 25.0 Å². The first-order valence-corrected chi connectivity index (χ1v) is 9.55. The minimum Gasteiger partial charge on any atom is -0.467 e. The largest absolute Gasteiger partial charge is 0.467 e. The van der Waals surface area contributed by atoms with E-state index in [2.05, 4.69) is 43.4 Å². The predicted molar refractivity (Wildman–Crippen MR) is 103 cm³/mol. The van der Waals surface area contributed by atoms with E-state index in [4.69, 9.17) is 9.41 Å². The van der Waals surface area contributed by atoms with Gasteiger partial charge in [0, 0.05) is 31.4 Å². The molecule has 0 aliphatic rings. The van der Waals surface area contributed by atoms with Gasteiger partial charge in [0.1, 0.15) is 17.9 Å². The van der Waals surface area contributed by atoms with E-state index in [1.54, 1.807) is 23.9 Å². The summed E-state index contributed by atoms with van der Waals surface area (Å²) in [6.45, 7) is 4.95. The molecule has 3 heterocycles. The van der Waals surface area contributed by atoms with Crippen molar-refractivity contribution in [2.45, 2.75) is 33.0 Å². The zero-order valence-corrected chi connectivity index (χ0v) is 15.9. The van der Waals surface area contributed by atoms with Crippen LogP contribution in [0.2, 0.25) is 0 Å². The van der Waals surface area contributed by atoms with Crippen LogP contribution < -0.4 is 5.32 Å². The van der Waals surface area contributed by atoms with Crippen LogP contribution in [0.1, 0.15) is 23.4 Å². The van der Waals surface area contributed by atoms with Crippen LogP contribution >= 0.6 is 11.3 Å². The quantitative estimate of drug-likeness (QED) is 0.486. The van der Waals surface area contributed by atoms with Crippen LogP contribution in [0.3, 0.4) is 0 Å². The molecule has 0 amide bonds. The Kier molecular flexibility index (Phi) is 6.43. The van der Waals surface area contributed by atoms with Crippen molar-refractivity contribution in [2.24, 2.45) is 4.99 Å². The van der Waals surface area contributed by atoms with E-state index < -0.39 is 0 Å². The van der Waals surface area contributed by atoms with E-state index in [0.29, 0.717) is 13.1 Å². The summed E-state index contributed by atoms with van der Waals surface area (Å²) in [5.74, 6) is 2.75. The fourth-order valence-electron chi connectivity index (χ4n) is 2.61. The fourth-order valence-corrected chi connectivity index (χ4v) is 3.23. The topological polar surface area (TPSA) is 71.5 Å². The summed E-state index contributed by atoms with van der Waals surface area (Å²) in [5.41, 5.74) is 0. The highest BCUT2D eigenvalue weighted by molar-refractivity contribution is 7.09. The molecule has 0 atom stereocenters. The second-order valence-corrected chi connectivity index (χ2v) is 6.91. The molecule has 0 saturated heterocycles. The molecule has 0 aliphatic heterocycles. The minimum atomic E-state index is 0.662. The molecule has 0 radical (unpaired) electrons. The van der Waals surface area contributed by atoms with Gasteiger partial charge in [-0.05, 0) is 23.6 Å². The van der Waals surface area contributed by atoms with Gasteiger partial charge in [-0.2, -0.15) is 0 Å². The number of guanidine groups is 1. The van der Waals surface area contributed by atoms with Crippen molar-refractivity contribution in [3.05, 3.63) is 58.7 Å². The van der Waals surface area contributed by atoms with Crippen LogP contribution in [-0.2, 0) is 26.1 Å². The average Bonchev–Trinajstić information content (AvgIpc) is 3.39. The Morgan fingerprint density at radius 2 is 2.31 bits per heavy atom. The van der Waals surface area contributed by atoms with E-state index in [9.17, 15) is 0 Å². The zero-order chi connectivity index (χ0) is 18.2. The van der Waals surface area contributed by atoms with Gasteiger partial charge in [0.25, 0.3) is 0 Å². The van der Waals surface area contributed by atoms with Crippen LogP contribution in [0.4, 0.5) is 0 Å². The first-order chi connectivity index (χ1) is 12.8. The lowest BCUT2D eigenvalue weighted by Gasteiger charge is -2.21. The zero-order valence-electron chi connectivity index (χ0n) is 15.1. The number of nitrogens with one attached hydrogen (secondary N) is 1. The monoisotopic (exact) mass is 372 g/mol. The minimum absolute atomic E-state index is 0.662. The Labute approximate surface area is 157 Å². The summed E-state index contributed by atoms with van der Waals surface area (Å²) < 4.78 is 7.52. The number of aryl methyl sites for hydroxylation is 1. The van der Waals surface area contributed by atoms with Gasteiger partial charge in [0.2, 0.25) is 0 Å². The SMILES string of the molecule is CCc1nncn1CCNC(=NCc1cccs1)N(C)Cc1ccco1. The molecule has 3 aromatic heterocycles. The van der Waals surface area contributed by atoms with Crippen molar-refractivity contribution in [2.75, 3.05) is 13.6 Å². The van der Waals surface area contributed by atoms with Crippen molar-refractivity contribution < 1.29 is 4.42 Å². The number of nitrogens with zero attached hydrogens (tertiary/aromatic N) is 5. The molecule has 7 nitrogen and oxygen atoms in total. The Bertz CT molecular complexity index is 794. The van der Waals surface area contributed by atoms with E-state index in [1.807, 2.05) is 25.2 Å². The second-order valence-electron chi connectivity index (χ2n) is 5.88. The molecule has 0 saturated carbocycles. The summed E-state index contributed by atoms with van der Waals surface area (Å²) in [6, 6.07) is 8.02. The number of rotatable bonds is 8. The van der Waals surface area contributed by atoms with Crippen molar-refractivity contribution in [1.29, 1.82) is 0 Å². The molecule has 3 rings (SSSR count). The van der Waals surface area contributed by atoms with Gasteiger partial charge in [-0.15, -0.1) is 21.5 Å². The number of hydrogen-bond donors (Lipinski definition) is 1. The van der Waals surface area contributed by atoms with Crippen LogP contribution in [0.25, 0.3) is 0 Å². The first kappa shape index (κ1) is 18.2. The summed E-state index contributed by atoms with van der Waals surface area (Å²) >= 11 is 1.72. The third-order valence-electron chi connectivity index (χ3n) is 3.95. The predicted octanol–water partition coefficient (Wildman–Crippen LogP) is 2.77. The highest BCUT2D eigenvalue weighted by atomic mass is 32.1. The van der Waals surface area contributed by atoms with Gasteiger partial charge in [-0.25, -0.2) is 4.99 Å². The Hall–Kier alpha value is -2.61.